The maximum Gasteiger partial charge on any atom is 0.242 e. The Morgan fingerprint density at radius 2 is 1.74 bits per heavy atom. The fourth-order valence-electron chi connectivity index (χ4n) is 2.30. The van der Waals surface area contributed by atoms with Crippen LogP contribution in [0.3, 0.4) is 0 Å². The highest BCUT2D eigenvalue weighted by Crippen LogP contribution is 2.23. The molecule has 0 spiro atoms. The molecule has 3 rings (SSSR count). The smallest absolute Gasteiger partial charge is 0.242 e. The Kier molecular flexibility index (Phi) is 5.95. The molecule has 140 valence electrons. The third-order valence-corrected chi connectivity index (χ3v) is 5.57. The molecule has 0 amide bonds. The van der Waals surface area contributed by atoms with E-state index in [0.29, 0.717) is 17.2 Å². The minimum absolute atomic E-state index is 0.0374. The van der Waals surface area contributed by atoms with Crippen molar-refractivity contribution in [2.75, 3.05) is 7.11 Å². The lowest BCUT2D eigenvalue weighted by atomic mass is 10.3. The van der Waals surface area contributed by atoms with Gasteiger partial charge >= 0.3 is 0 Å². The predicted molar refractivity (Wildman–Crippen MR) is 103 cm³/mol. The van der Waals surface area contributed by atoms with Gasteiger partial charge in [-0.05, 0) is 48.0 Å². The van der Waals surface area contributed by atoms with E-state index < -0.39 is 10.0 Å². The molecule has 0 fully saturated rings. The van der Waals surface area contributed by atoms with E-state index in [1.165, 1.54) is 12.1 Å². The zero-order valence-electron chi connectivity index (χ0n) is 14.4. The summed E-state index contributed by atoms with van der Waals surface area (Å²) in [6.45, 7) is 0.0784. The maximum absolute atomic E-state index is 12.4. The Morgan fingerprint density at radius 1 is 1.04 bits per heavy atom. The molecule has 0 bridgehead atoms. The summed E-state index contributed by atoms with van der Waals surface area (Å²) < 4.78 is 38.1. The quantitative estimate of drug-likeness (QED) is 0.643. The summed E-state index contributed by atoms with van der Waals surface area (Å²) in [7, 11) is -2.14. The largest absolute Gasteiger partial charge is 0.497 e. The zero-order chi connectivity index (χ0) is 19.3. The van der Waals surface area contributed by atoms with Crippen LogP contribution in [0.4, 0.5) is 0 Å². The standard InChI is InChI=1S/C19H17ClN2O4S/c1-25-15-6-8-16(9-7-15)26-19-12-14(10-11-21-19)13-22-27(23,24)18-5-3-2-4-17(18)20/h2-12,22H,13H2,1H3. The third-order valence-electron chi connectivity index (χ3n) is 3.67. The second-order valence-electron chi connectivity index (χ2n) is 5.53. The number of hydrogen-bond donors (Lipinski definition) is 1. The fourth-order valence-corrected chi connectivity index (χ4v) is 3.83. The van der Waals surface area contributed by atoms with E-state index in [1.807, 2.05) is 0 Å². The number of nitrogens with one attached hydrogen (secondary N) is 1. The van der Waals surface area contributed by atoms with Gasteiger partial charge in [0.25, 0.3) is 0 Å². The number of pyridine rings is 1. The van der Waals surface area contributed by atoms with E-state index >= 15 is 0 Å². The number of rotatable bonds is 7. The molecule has 0 aliphatic carbocycles. The van der Waals surface area contributed by atoms with Gasteiger partial charge in [0.1, 0.15) is 16.4 Å². The summed E-state index contributed by atoms with van der Waals surface area (Å²) in [5, 5.41) is 0.170. The number of halogens is 1. The van der Waals surface area contributed by atoms with Crippen molar-refractivity contribution in [1.29, 1.82) is 0 Å². The Hall–Kier alpha value is -2.61. The monoisotopic (exact) mass is 404 g/mol. The van der Waals surface area contributed by atoms with Crippen molar-refractivity contribution < 1.29 is 17.9 Å². The molecule has 0 unspecified atom stereocenters. The van der Waals surface area contributed by atoms with Crippen LogP contribution in [0, 0.1) is 0 Å². The molecule has 3 aromatic rings. The van der Waals surface area contributed by atoms with E-state index in [2.05, 4.69) is 9.71 Å². The van der Waals surface area contributed by atoms with Gasteiger partial charge in [-0.3, -0.25) is 0 Å². The van der Waals surface area contributed by atoms with E-state index in [1.54, 1.807) is 61.8 Å². The lowest BCUT2D eigenvalue weighted by molar-refractivity contribution is 0.412. The highest BCUT2D eigenvalue weighted by molar-refractivity contribution is 7.89. The SMILES string of the molecule is COc1ccc(Oc2cc(CNS(=O)(=O)c3ccccc3Cl)ccn2)cc1. The van der Waals surface area contributed by atoms with E-state index in [-0.39, 0.29) is 16.5 Å². The van der Waals surface area contributed by atoms with Crippen molar-refractivity contribution >= 4 is 21.6 Å². The predicted octanol–water partition coefficient (Wildman–Crippen LogP) is 4.01. The molecule has 0 saturated carbocycles. The van der Waals surface area contributed by atoms with Crippen LogP contribution >= 0.6 is 11.6 Å². The number of nitrogens with zero attached hydrogens (tertiary/aromatic N) is 1. The van der Waals surface area contributed by atoms with Crippen LogP contribution in [-0.4, -0.2) is 20.5 Å². The molecule has 0 radical (unpaired) electrons. The topological polar surface area (TPSA) is 77.5 Å². The van der Waals surface area contributed by atoms with Crippen molar-refractivity contribution in [1.82, 2.24) is 9.71 Å². The van der Waals surface area contributed by atoms with E-state index in [9.17, 15) is 8.42 Å². The Labute approximate surface area is 162 Å². The van der Waals surface area contributed by atoms with Crippen LogP contribution in [0.1, 0.15) is 5.56 Å². The van der Waals surface area contributed by atoms with Crippen LogP contribution in [0.15, 0.2) is 71.8 Å². The molecule has 1 N–H and O–H groups in total. The number of methoxy groups -OCH3 is 1. The molecule has 1 aromatic heterocycles. The maximum atomic E-state index is 12.4. The van der Waals surface area contributed by atoms with Crippen LogP contribution < -0.4 is 14.2 Å². The molecule has 8 heteroatoms. The molecule has 0 aliphatic heterocycles. The average Bonchev–Trinajstić information content (AvgIpc) is 2.68. The Bertz CT molecular complexity index is 1020. The normalized spacial score (nSPS) is 11.2. The van der Waals surface area contributed by atoms with Crippen molar-refractivity contribution in [3.8, 4) is 17.4 Å². The Balaban J connectivity index is 1.69. The molecule has 0 atom stereocenters. The van der Waals surface area contributed by atoms with Crippen LogP contribution in [0.25, 0.3) is 0 Å². The van der Waals surface area contributed by atoms with Gasteiger partial charge in [-0.1, -0.05) is 23.7 Å². The van der Waals surface area contributed by atoms with Crippen molar-refractivity contribution in [3.05, 3.63) is 77.4 Å². The summed E-state index contributed by atoms with van der Waals surface area (Å²) >= 11 is 5.97. The number of aromatic nitrogens is 1. The molecule has 2 aromatic carbocycles. The second-order valence-corrected chi connectivity index (χ2v) is 7.68. The van der Waals surface area contributed by atoms with Crippen molar-refractivity contribution in [2.24, 2.45) is 0 Å². The van der Waals surface area contributed by atoms with E-state index in [0.717, 1.165) is 5.75 Å². The van der Waals surface area contributed by atoms with Gasteiger partial charge in [0.2, 0.25) is 15.9 Å². The second kappa shape index (κ2) is 8.39. The fraction of sp³-hybridized carbons (Fsp3) is 0.105. The summed E-state index contributed by atoms with van der Waals surface area (Å²) in [5.41, 5.74) is 0.698. The van der Waals surface area contributed by atoms with Gasteiger partial charge in [0, 0.05) is 18.8 Å². The molecule has 27 heavy (non-hydrogen) atoms. The first-order valence-electron chi connectivity index (χ1n) is 7.99. The van der Waals surface area contributed by atoms with Gasteiger partial charge < -0.3 is 9.47 Å². The van der Waals surface area contributed by atoms with Crippen molar-refractivity contribution in [3.63, 3.8) is 0 Å². The minimum atomic E-state index is -3.73. The van der Waals surface area contributed by atoms with Gasteiger partial charge in [-0.25, -0.2) is 18.1 Å². The number of hydrogen-bond acceptors (Lipinski definition) is 5. The molecule has 6 nitrogen and oxygen atoms in total. The highest BCUT2D eigenvalue weighted by atomic mass is 35.5. The lowest BCUT2D eigenvalue weighted by Crippen LogP contribution is -2.23. The summed E-state index contributed by atoms with van der Waals surface area (Å²) in [4.78, 5) is 4.18. The lowest BCUT2D eigenvalue weighted by Gasteiger charge is -2.10. The van der Waals surface area contributed by atoms with Gasteiger partial charge in [-0.2, -0.15) is 0 Å². The number of benzene rings is 2. The zero-order valence-corrected chi connectivity index (χ0v) is 16.0. The first-order valence-corrected chi connectivity index (χ1v) is 9.85. The third kappa shape index (κ3) is 4.97. The average molecular weight is 405 g/mol. The highest BCUT2D eigenvalue weighted by Gasteiger charge is 2.17. The molecular weight excluding hydrogens is 388 g/mol. The van der Waals surface area contributed by atoms with Gasteiger partial charge in [-0.15, -0.1) is 0 Å². The van der Waals surface area contributed by atoms with Crippen LogP contribution in [-0.2, 0) is 16.6 Å². The van der Waals surface area contributed by atoms with Gasteiger partial charge in [0.15, 0.2) is 0 Å². The first kappa shape index (κ1) is 19.2. The number of ether oxygens (including phenoxy) is 2. The van der Waals surface area contributed by atoms with Gasteiger partial charge in [0.05, 0.1) is 12.1 Å². The molecule has 0 saturated heterocycles. The Morgan fingerprint density at radius 3 is 2.44 bits per heavy atom. The molecule has 0 aliphatic rings. The summed E-state index contributed by atoms with van der Waals surface area (Å²) in [6, 6.07) is 16.7. The summed E-state index contributed by atoms with van der Waals surface area (Å²) in [5.74, 6) is 1.67. The van der Waals surface area contributed by atoms with Crippen molar-refractivity contribution in [2.45, 2.75) is 11.4 Å². The van der Waals surface area contributed by atoms with Crippen LogP contribution in [0.5, 0.6) is 17.4 Å². The number of sulfonamides is 1. The van der Waals surface area contributed by atoms with E-state index in [4.69, 9.17) is 21.1 Å². The summed E-state index contributed by atoms with van der Waals surface area (Å²) in [6.07, 6.45) is 1.55. The van der Waals surface area contributed by atoms with Crippen LogP contribution in [0.2, 0.25) is 5.02 Å². The molecular formula is C19H17ClN2O4S. The molecule has 1 heterocycles. The minimum Gasteiger partial charge on any atom is -0.497 e. The first-order chi connectivity index (χ1) is 13.0.